The maximum absolute atomic E-state index is 11.8. The highest BCUT2D eigenvalue weighted by Gasteiger charge is 2.10. The highest BCUT2D eigenvalue weighted by molar-refractivity contribution is 5.99. The summed E-state index contributed by atoms with van der Waals surface area (Å²) in [6.07, 6.45) is 0.795. The summed E-state index contributed by atoms with van der Waals surface area (Å²) in [5.74, 6) is 6.52. The normalized spacial score (nSPS) is 10.1. The number of anilines is 1. The van der Waals surface area contributed by atoms with E-state index in [0.717, 1.165) is 29.2 Å². The first-order valence-electron chi connectivity index (χ1n) is 7.76. The fourth-order valence-electron chi connectivity index (χ4n) is 2.24. The number of nitrogen functional groups attached to an aromatic ring is 1. The molecule has 2 aromatic rings. The van der Waals surface area contributed by atoms with Gasteiger partial charge in [0.1, 0.15) is 11.5 Å². The lowest BCUT2D eigenvalue weighted by Crippen LogP contribution is -2.30. The molecule has 0 aliphatic carbocycles. The van der Waals surface area contributed by atoms with Crippen LogP contribution in [0.4, 0.5) is 5.69 Å². The van der Waals surface area contributed by atoms with Gasteiger partial charge < -0.3 is 14.8 Å². The van der Waals surface area contributed by atoms with E-state index < -0.39 is 0 Å². The Labute approximate surface area is 141 Å². The summed E-state index contributed by atoms with van der Waals surface area (Å²) in [5.41, 5.74) is 4.46. The number of hydrogen-bond acceptors (Lipinski definition) is 5. The number of rotatable bonds is 8. The Morgan fingerprint density at radius 1 is 1.12 bits per heavy atom. The number of hydrogen-bond donors (Lipinski definition) is 3. The molecule has 128 valence electrons. The summed E-state index contributed by atoms with van der Waals surface area (Å²) in [4.78, 5) is 11.8. The van der Waals surface area contributed by atoms with Gasteiger partial charge in [-0.1, -0.05) is 11.6 Å². The molecule has 0 bridgehead atoms. The lowest BCUT2D eigenvalue weighted by atomic mass is 10.1. The molecule has 0 spiro atoms. The third kappa shape index (κ3) is 4.89. The maximum Gasteiger partial charge on any atom is 0.267 e. The summed E-state index contributed by atoms with van der Waals surface area (Å²) in [5, 5.41) is 3.24. The topological polar surface area (TPSA) is 85.6 Å². The van der Waals surface area contributed by atoms with Gasteiger partial charge in [-0.2, -0.15) is 0 Å². The zero-order chi connectivity index (χ0) is 17.4. The van der Waals surface area contributed by atoms with E-state index in [2.05, 4.69) is 10.7 Å². The van der Waals surface area contributed by atoms with Gasteiger partial charge in [0, 0.05) is 12.2 Å². The highest BCUT2D eigenvalue weighted by atomic mass is 16.5. The third-order valence-electron chi connectivity index (χ3n) is 3.52. The first kappa shape index (κ1) is 17.6. The standard InChI is InChI=1S/C18H23N3O3/c1-13-4-9-17(16(12-13)18(22)21-19)20-10-3-11-24-15-7-5-14(23-2)6-8-15/h4-9,12,20H,3,10-11,19H2,1-2H3,(H,21,22). The Morgan fingerprint density at radius 3 is 2.50 bits per heavy atom. The number of nitrogens with one attached hydrogen (secondary N) is 2. The molecule has 24 heavy (non-hydrogen) atoms. The predicted octanol–water partition coefficient (Wildman–Crippen LogP) is 2.49. The number of carbonyl (C=O) groups excluding carboxylic acids is 1. The highest BCUT2D eigenvalue weighted by Crippen LogP contribution is 2.18. The van der Waals surface area contributed by atoms with Gasteiger partial charge >= 0.3 is 0 Å². The molecule has 0 fully saturated rings. The molecule has 0 radical (unpaired) electrons. The zero-order valence-corrected chi connectivity index (χ0v) is 14.0. The second-order valence-electron chi connectivity index (χ2n) is 5.33. The molecule has 0 aliphatic heterocycles. The van der Waals surface area contributed by atoms with Crippen LogP contribution in [0.5, 0.6) is 11.5 Å². The molecule has 2 rings (SSSR count). The molecule has 0 aromatic heterocycles. The second-order valence-corrected chi connectivity index (χ2v) is 5.33. The Kier molecular flexibility index (Phi) is 6.45. The number of carbonyl (C=O) groups is 1. The van der Waals surface area contributed by atoms with Gasteiger partial charge in [-0.05, 0) is 49.7 Å². The van der Waals surface area contributed by atoms with Gasteiger partial charge in [-0.25, -0.2) is 5.84 Å². The minimum atomic E-state index is -0.310. The van der Waals surface area contributed by atoms with Crippen molar-refractivity contribution in [1.82, 2.24) is 5.43 Å². The van der Waals surface area contributed by atoms with Crippen molar-refractivity contribution in [3.8, 4) is 11.5 Å². The van der Waals surface area contributed by atoms with E-state index >= 15 is 0 Å². The number of aryl methyl sites for hydroxylation is 1. The largest absolute Gasteiger partial charge is 0.497 e. The predicted molar refractivity (Wildman–Crippen MR) is 94.4 cm³/mol. The minimum Gasteiger partial charge on any atom is -0.497 e. The van der Waals surface area contributed by atoms with Crippen molar-refractivity contribution in [1.29, 1.82) is 0 Å². The van der Waals surface area contributed by atoms with E-state index in [1.54, 1.807) is 13.2 Å². The van der Waals surface area contributed by atoms with Crippen LogP contribution in [0, 0.1) is 6.92 Å². The summed E-state index contributed by atoms with van der Waals surface area (Å²) >= 11 is 0. The fourth-order valence-corrected chi connectivity index (χ4v) is 2.24. The Hall–Kier alpha value is -2.73. The number of hydrazine groups is 1. The van der Waals surface area contributed by atoms with Gasteiger partial charge in [0.2, 0.25) is 0 Å². The number of ether oxygens (including phenoxy) is 2. The summed E-state index contributed by atoms with van der Waals surface area (Å²) in [6, 6.07) is 13.1. The zero-order valence-electron chi connectivity index (χ0n) is 14.0. The van der Waals surface area contributed by atoms with Crippen LogP contribution < -0.4 is 26.1 Å². The van der Waals surface area contributed by atoms with Crippen molar-refractivity contribution in [2.75, 3.05) is 25.6 Å². The van der Waals surface area contributed by atoms with E-state index in [-0.39, 0.29) is 5.91 Å². The molecule has 6 nitrogen and oxygen atoms in total. The van der Waals surface area contributed by atoms with E-state index in [9.17, 15) is 4.79 Å². The van der Waals surface area contributed by atoms with Crippen molar-refractivity contribution in [2.45, 2.75) is 13.3 Å². The third-order valence-corrected chi connectivity index (χ3v) is 3.52. The van der Waals surface area contributed by atoms with E-state index in [0.29, 0.717) is 18.7 Å². The molecule has 6 heteroatoms. The molecule has 1 amide bonds. The van der Waals surface area contributed by atoms with E-state index in [1.807, 2.05) is 43.3 Å². The summed E-state index contributed by atoms with van der Waals surface area (Å²) < 4.78 is 10.8. The lowest BCUT2D eigenvalue weighted by Gasteiger charge is -2.12. The number of nitrogens with two attached hydrogens (primary N) is 1. The lowest BCUT2D eigenvalue weighted by molar-refractivity contribution is 0.0954. The van der Waals surface area contributed by atoms with Crippen molar-refractivity contribution < 1.29 is 14.3 Å². The molecule has 0 saturated heterocycles. The monoisotopic (exact) mass is 329 g/mol. The second kappa shape index (κ2) is 8.79. The van der Waals surface area contributed by atoms with Crippen molar-refractivity contribution in [3.63, 3.8) is 0 Å². The first-order chi connectivity index (χ1) is 11.6. The SMILES string of the molecule is COc1ccc(OCCCNc2ccc(C)cc2C(=O)NN)cc1. The summed E-state index contributed by atoms with van der Waals surface area (Å²) in [6.45, 7) is 3.19. The van der Waals surface area contributed by atoms with Gasteiger partial charge in [-0.15, -0.1) is 0 Å². The Morgan fingerprint density at radius 2 is 1.83 bits per heavy atom. The van der Waals surface area contributed by atoms with Crippen LogP contribution in [0.25, 0.3) is 0 Å². The van der Waals surface area contributed by atoms with Crippen LogP contribution >= 0.6 is 0 Å². The van der Waals surface area contributed by atoms with Crippen LogP contribution in [0.15, 0.2) is 42.5 Å². The van der Waals surface area contributed by atoms with Crippen LogP contribution in [-0.2, 0) is 0 Å². The van der Waals surface area contributed by atoms with Gasteiger partial charge in [0.05, 0.1) is 19.3 Å². The average molecular weight is 329 g/mol. The van der Waals surface area contributed by atoms with E-state index in [1.165, 1.54) is 0 Å². The van der Waals surface area contributed by atoms with Gasteiger partial charge in [0.15, 0.2) is 0 Å². The molecule has 0 unspecified atom stereocenters. The Bertz CT molecular complexity index is 672. The van der Waals surface area contributed by atoms with E-state index in [4.69, 9.17) is 15.3 Å². The van der Waals surface area contributed by atoms with Crippen LogP contribution in [-0.4, -0.2) is 26.2 Å². The molecule has 0 aliphatic rings. The maximum atomic E-state index is 11.8. The van der Waals surface area contributed by atoms with Crippen molar-refractivity contribution >= 4 is 11.6 Å². The Balaban J connectivity index is 1.80. The quantitative estimate of drug-likeness (QED) is 0.300. The number of methoxy groups -OCH3 is 1. The van der Waals surface area contributed by atoms with Gasteiger partial charge in [-0.3, -0.25) is 10.2 Å². The molecular formula is C18H23N3O3. The fraction of sp³-hybridized carbons (Fsp3) is 0.278. The minimum absolute atomic E-state index is 0.310. The van der Waals surface area contributed by atoms with Crippen molar-refractivity contribution in [2.24, 2.45) is 5.84 Å². The average Bonchev–Trinajstić information content (AvgIpc) is 2.62. The molecular weight excluding hydrogens is 306 g/mol. The van der Waals surface area contributed by atoms with Crippen LogP contribution in [0.1, 0.15) is 22.3 Å². The number of amides is 1. The molecule has 0 saturated carbocycles. The summed E-state index contributed by atoms with van der Waals surface area (Å²) in [7, 11) is 1.63. The molecule has 0 heterocycles. The van der Waals surface area contributed by atoms with Crippen molar-refractivity contribution in [3.05, 3.63) is 53.6 Å². The van der Waals surface area contributed by atoms with Crippen LogP contribution in [0.2, 0.25) is 0 Å². The number of benzene rings is 2. The van der Waals surface area contributed by atoms with Gasteiger partial charge in [0.25, 0.3) is 5.91 Å². The molecule has 2 aromatic carbocycles. The smallest absolute Gasteiger partial charge is 0.267 e. The van der Waals surface area contributed by atoms with Crippen LogP contribution in [0.3, 0.4) is 0 Å². The first-order valence-corrected chi connectivity index (χ1v) is 7.76. The molecule has 0 atom stereocenters. The molecule has 4 N–H and O–H groups in total.